The summed E-state index contributed by atoms with van der Waals surface area (Å²) in [5.41, 5.74) is 8.43. The zero-order chi connectivity index (χ0) is 34.6. The van der Waals surface area contributed by atoms with Crippen molar-refractivity contribution in [1.82, 2.24) is 15.2 Å². The van der Waals surface area contributed by atoms with Crippen LogP contribution in [0.5, 0.6) is 0 Å². The molecule has 0 saturated carbocycles. The second-order valence-electron chi connectivity index (χ2n) is 11.9. The van der Waals surface area contributed by atoms with E-state index in [1.54, 1.807) is 6.07 Å². The van der Waals surface area contributed by atoms with Crippen LogP contribution in [-0.4, -0.2) is 71.0 Å². The number of nitrogens with zero attached hydrogens (tertiary/aromatic N) is 2. The number of nitrogens with one attached hydrogen (secondary N) is 1. The summed E-state index contributed by atoms with van der Waals surface area (Å²) < 4.78 is 55.1. The van der Waals surface area contributed by atoms with E-state index >= 15 is 0 Å². The highest BCUT2D eigenvalue weighted by molar-refractivity contribution is 7.92. The molecular formula is C35H46F2N4O5S. The third-order valence-corrected chi connectivity index (χ3v) is 10.3. The summed E-state index contributed by atoms with van der Waals surface area (Å²) in [6.07, 6.45) is 4.20. The van der Waals surface area contributed by atoms with Gasteiger partial charge in [0.25, 0.3) is 5.91 Å². The molecule has 2 unspecified atom stereocenters. The summed E-state index contributed by atoms with van der Waals surface area (Å²) in [4.78, 5) is 32.9. The van der Waals surface area contributed by atoms with E-state index in [4.69, 9.17) is 5.73 Å². The molecule has 12 heteroatoms. The standard InChI is InChI=1S/C35H46F2N4O5S/c1-4-8-30(9-5-2)47(45,46)23-32(40-34(43)27-12-14-39-15-13-27)35(44)41(21-25-11-7-10-24(6-3)16-25)22-33(42)31(38)19-26-17-28(36)20-29(37)18-26/h7,10-18,20,30-33,42H,4-6,8-9,19,21-23,38H2,1-3H3,(H,40,43)/t31-,32?,33?/m0/s1. The molecule has 3 rings (SSSR count). The molecular weight excluding hydrogens is 626 g/mol. The number of hydrogen-bond acceptors (Lipinski definition) is 7. The highest BCUT2D eigenvalue weighted by atomic mass is 32.2. The Kier molecular flexibility index (Phi) is 14.4. The molecule has 0 spiro atoms. The summed E-state index contributed by atoms with van der Waals surface area (Å²) in [6.45, 7) is 5.42. The minimum absolute atomic E-state index is 0.0138. The Morgan fingerprint density at radius 2 is 1.55 bits per heavy atom. The number of carbonyl (C=O) groups is 2. The van der Waals surface area contributed by atoms with Gasteiger partial charge in [0, 0.05) is 43.2 Å². The number of nitrogens with two attached hydrogens (primary N) is 1. The highest BCUT2D eigenvalue weighted by Crippen LogP contribution is 2.19. The molecule has 9 nitrogen and oxygen atoms in total. The first-order chi connectivity index (χ1) is 22.4. The maximum Gasteiger partial charge on any atom is 0.252 e. The Labute approximate surface area is 276 Å². The number of aliphatic hydroxyl groups is 1. The van der Waals surface area contributed by atoms with Gasteiger partial charge in [-0.3, -0.25) is 14.6 Å². The lowest BCUT2D eigenvalue weighted by Crippen LogP contribution is -2.55. The second-order valence-corrected chi connectivity index (χ2v) is 14.2. The largest absolute Gasteiger partial charge is 0.390 e. The third kappa shape index (κ3) is 11.5. The summed E-state index contributed by atoms with van der Waals surface area (Å²) in [5, 5.41) is 13.1. The Bertz CT molecular complexity index is 1550. The van der Waals surface area contributed by atoms with E-state index in [2.05, 4.69) is 10.3 Å². The van der Waals surface area contributed by atoms with E-state index in [0.717, 1.165) is 35.7 Å². The van der Waals surface area contributed by atoms with Crippen molar-refractivity contribution in [3.05, 3.63) is 101 Å². The van der Waals surface area contributed by atoms with E-state index in [9.17, 15) is 31.9 Å². The summed E-state index contributed by atoms with van der Waals surface area (Å²) in [6, 6.07) is 10.9. The number of sulfone groups is 1. The highest BCUT2D eigenvalue weighted by Gasteiger charge is 2.35. The molecule has 0 saturated heterocycles. The predicted molar refractivity (Wildman–Crippen MR) is 178 cm³/mol. The van der Waals surface area contributed by atoms with Crippen LogP contribution in [0, 0.1) is 11.6 Å². The van der Waals surface area contributed by atoms with Crippen LogP contribution in [-0.2, 0) is 34.0 Å². The Balaban J connectivity index is 1.98. The average Bonchev–Trinajstić information content (AvgIpc) is 3.03. The van der Waals surface area contributed by atoms with Gasteiger partial charge < -0.3 is 21.1 Å². The zero-order valence-corrected chi connectivity index (χ0v) is 28.1. The average molecular weight is 673 g/mol. The Morgan fingerprint density at radius 3 is 2.15 bits per heavy atom. The van der Waals surface area contributed by atoms with Crippen LogP contribution in [0.25, 0.3) is 0 Å². The lowest BCUT2D eigenvalue weighted by Gasteiger charge is -2.32. The fourth-order valence-corrected chi connectivity index (χ4v) is 7.71. The number of benzene rings is 2. The van der Waals surface area contributed by atoms with Gasteiger partial charge in [-0.2, -0.15) is 0 Å². The second kappa shape index (κ2) is 18.0. The van der Waals surface area contributed by atoms with Crippen LogP contribution < -0.4 is 11.1 Å². The van der Waals surface area contributed by atoms with Gasteiger partial charge in [0.1, 0.15) is 17.7 Å². The fraction of sp³-hybridized carbons (Fsp3) is 0.457. The molecule has 256 valence electrons. The normalized spacial score (nSPS) is 13.6. The molecule has 1 aromatic heterocycles. The van der Waals surface area contributed by atoms with Gasteiger partial charge in [-0.1, -0.05) is 57.9 Å². The van der Waals surface area contributed by atoms with Crippen molar-refractivity contribution in [1.29, 1.82) is 0 Å². The van der Waals surface area contributed by atoms with Crippen molar-refractivity contribution >= 4 is 21.7 Å². The maximum absolute atomic E-state index is 14.4. The number of hydrogen-bond donors (Lipinski definition) is 3. The van der Waals surface area contributed by atoms with Gasteiger partial charge in [0.05, 0.1) is 17.1 Å². The number of amides is 2. The van der Waals surface area contributed by atoms with Gasteiger partial charge >= 0.3 is 0 Å². The van der Waals surface area contributed by atoms with E-state index in [-0.39, 0.29) is 30.6 Å². The molecule has 2 aromatic carbocycles. The molecule has 0 fully saturated rings. The van der Waals surface area contributed by atoms with Crippen LogP contribution >= 0.6 is 0 Å². The molecule has 2 amide bonds. The van der Waals surface area contributed by atoms with Gasteiger partial charge in [0.2, 0.25) is 5.91 Å². The van der Waals surface area contributed by atoms with Gasteiger partial charge in [-0.15, -0.1) is 0 Å². The van der Waals surface area contributed by atoms with Gasteiger partial charge in [-0.25, -0.2) is 17.2 Å². The predicted octanol–water partition coefficient (Wildman–Crippen LogP) is 4.36. The fourth-order valence-electron chi connectivity index (χ4n) is 5.55. The number of pyridine rings is 1. The van der Waals surface area contributed by atoms with Crippen molar-refractivity contribution in [3.8, 4) is 0 Å². The van der Waals surface area contributed by atoms with Gasteiger partial charge in [0.15, 0.2) is 9.84 Å². The number of aliphatic hydroxyl groups excluding tert-OH is 1. The van der Waals surface area contributed by atoms with Gasteiger partial charge in [-0.05, 0) is 66.6 Å². The SMILES string of the molecule is CCCC(CCC)S(=O)(=O)CC(NC(=O)c1ccncc1)C(=O)N(Cc1cccc(CC)c1)CC(O)[C@@H](N)Cc1cc(F)cc(F)c1. The third-order valence-electron chi connectivity index (χ3n) is 8.05. The molecule has 4 N–H and O–H groups in total. The summed E-state index contributed by atoms with van der Waals surface area (Å²) in [7, 11) is -3.86. The number of rotatable bonds is 18. The number of aromatic nitrogens is 1. The molecule has 1 heterocycles. The summed E-state index contributed by atoms with van der Waals surface area (Å²) in [5.74, 6) is -3.57. The first-order valence-electron chi connectivity index (χ1n) is 16.0. The minimum Gasteiger partial charge on any atom is -0.390 e. The first-order valence-corrected chi connectivity index (χ1v) is 17.8. The Morgan fingerprint density at radius 1 is 0.936 bits per heavy atom. The molecule has 0 aliphatic carbocycles. The van der Waals surface area contributed by atoms with E-state index in [1.165, 1.54) is 29.4 Å². The first kappa shape index (κ1) is 37.7. The van der Waals surface area contributed by atoms with Crippen molar-refractivity contribution < 1.29 is 31.9 Å². The molecule has 0 radical (unpaired) electrons. The zero-order valence-electron chi connectivity index (χ0n) is 27.2. The Hall–Kier alpha value is -3.74. The monoisotopic (exact) mass is 672 g/mol. The number of halogens is 2. The smallest absolute Gasteiger partial charge is 0.252 e. The molecule has 0 bridgehead atoms. The van der Waals surface area contributed by atoms with Crippen LogP contribution in [0.2, 0.25) is 0 Å². The topological polar surface area (TPSA) is 143 Å². The summed E-state index contributed by atoms with van der Waals surface area (Å²) >= 11 is 0. The maximum atomic E-state index is 14.4. The molecule has 47 heavy (non-hydrogen) atoms. The quantitative estimate of drug-likeness (QED) is 0.182. The number of carbonyl (C=O) groups excluding carboxylic acids is 2. The molecule has 0 aliphatic rings. The number of aryl methyl sites for hydroxylation is 1. The van der Waals surface area contributed by atoms with Crippen molar-refractivity contribution in [2.45, 2.75) is 89.3 Å². The molecule has 3 aromatic rings. The van der Waals surface area contributed by atoms with E-state index < -0.39 is 62.5 Å². The lowest BCUT2D eigenvalue weighted by molar-refractivity contribution is -0.135. The van der Waals surface area contributed by atoms with Crippen LogP contribution in [0.3, 0.4) is 0 Å². The lowest BCUT2D eigenvalue weighted by atomic mass is 10.0. The minimum atomic E-state index is -3.86. The van der Waals surface area contributed by atoms with Crippen LogP contribution in [0.15, 0.2) is 67.0 Å². The van der Waals surface area contributed by atoms with E-state index in [1.807, 2.05) is 39.0 Å². The van der Waals surface area contributed by atoms with Crippen LogP contribution in [0.4, 0.5) is 8.78 Å². The van der Waals surface area contributed by atoms with Crippen molar-refractivity contribution in [2.24, 2.45) is 5.73 Å². The van der Waals surface area contributed by atoms with Crippen molar-refractivity contribution in [2.75, 3.05) is 12.3 Å². The van der Waals surface area contributed by atoms with E-state index in [0.29, 0.717) is 25.7 Å². The van der Waals surface area contributed by atoms with Crippen molar-refractivity contribution in [3.63, 3.8) is 0 Å². The molecule has 3 atom stereocenters. The van der Waals surface area contributed by atoms with Crippen LogP contribution in [0.1, 0.15) is 73.5 Å². The molecule has 0 aliphatic heterocycles.